The van der Waals surface area contributed by atoms with Gasteiger partial charge in [-0.1, -0.05) is 23.8 Å². The minimum absolute atomic E-state index is 0.129. The number of rotatable bonds is 6. The molecule has 0 bridgehead atoms. The lowest BCUT2D eigenvalue weighted by atomic mass is 9.95. The third-order valence-corrected chi connectivity index (χ3v) is 6.73. The van der Waals surface area contributed by atoms with Gasteiger partial charge in [0.1, 0.15) is 0 Å². The van der Waals surface area contributed by atoms with Crippen LogP contribution in [0.2, 0.25) is 0 Å². The highest BCUT2D eigenvalue weighted by atomic mass is 32.2. The number of hydrogen-bond acceptors (Lipinski definition) is 4. The van der Waals surface area contributed by atoms with Gasteiger partial charge in [0.15, 0.2) is 0 Å². The zero-order valence-corrected chi connectivity index (χ0v) is 16.3. The van der Waals surface area contributed by atoms with Gasteiger partial charge in [0.2, 0.25) is 5.91 Å². The summed E-state index contributed by atoms with van der Waals surface area (Å²) in [4.78, 5) is 15.0. The van der Waals surface area contributed by atoms with Crippen LogP contribution in [-0.2, 0) is 16.0 Å². The Morgan fingerprint density at radius 2 is 2.12 bits per heavy atom. The molecule has 1 unspecified atom stereocenters. The van der Waals surface area contributed by atoms with E-state index in [0.717, 1.165) is 51.4 Å². The van der Waals surface area contributed by atoms with Gasteiger partial charge in [-0.25, -0.2) is 0 Å². The summed E-state index contributed by atoms with van der Waals surface area (Å²) in [5, 5.41) is 3.23. The molecule has 138 valence electrons. The summed E-state index contributed by atoms with van der Waals surface area (Å²) in [5.41, 5.74) is 3.96. The first-order chi connectivity index (χ1) is 12.1. The van der Waals surface area contributed by atoms with Gasteiger partial charge in [-0.2, -0.15) is 11.8 Å². The smallest absolute Gasteiger partial charge is 0.220 e. The maximum absolute atomic E-state index is 12.4. The monoisotopic (exact) mass is 362 g/mol. The third-order valence-electron chi connectivity index (χ3n) is 5.50. The van der Waals surface area contributed by atoms with E-state index in [4.69, 9.17) is 4.74 Å². The van der Waals surface area contributed by atoms with E-state index in [1.165, 1.54) is 22.4 Å². The van der Waals surface area contributed by atoms with Crippen LogP contribution in [0.5, 0.6) is 0 Å². The summed E-state index contributed by atoms with van der Waals surface area (Å²) < 4.78 is 5.50. The van der Waals surface area contributed by atoms with Crippen molar-refractivity contribution in [3.05, 3.63) is 34.9 Å². The normalized spacial score (nSPS) is 24.4. The molecular weight excluding hydrogens is 332 g/mol. The van der Waals surface area contributed by atoms with Crippen LogP contribution in [0.1, 0.15) is 29.5 Å². The van der Waals surface area contributed by atoms with Crippen molar-refractivity contribution in [2.45, 2.75) is 38.6 Å². The van der Waals surface area contributed by atoms with E-state index >= 15 is 0 Å². The molecule has 0 spiro atoms. The van der Waals surface area contributed by atoms with E-state index in [9.17, 15) is 4.79 Å². The molecule has 2 heterocycles. The molecule has 1 aromatic carbocycles. The second-order valence-corrected chi connectivity index (χ2v) is 8.44. The molecule has 1 atom stereocenters. The number of amides is 1. The first-order valence-corrected chi connectivity index (χ1v) is 10.5. The van der Waals surface area contributed by atoms with E-state index in [2.05, 4.69) is 42.3 Å². The van der Waals surface area contributed by atoms with E-state index in [-0.39, 0.29) is 11.4 Å². The van der Waals surface area contributed by atoms with E-state index < -0.39 is 0 Å². The Morgan fingerprint density at radius 3 is 2.80 bits per heavy atom. The van der Waals surface area contributed by atoms with Crippen LogP contribution in [0.25, 0.3) is 0 Å². The number of carbonyl (C=O) groups excluding carboxylic acids is 1. The molecule has 0 saturated carbocycles. The average molecular weight is 363 g/mol. The van der Waals surface area contributed by atoms with Crippen LogP contribution >= 0.6 is 11.8 Å². The molecule has 0 aliphatic carbocycles. The van der Waals surface area contributed by atoms with Crippen molar-refractivity contribution in [2.75, 3.05) is 44.4 Å². The van der Waals surface area contributed by atoms with Gasteiger partial charge in [0.25, 0.3) is 0 Å². The highest BCUT2D eigenvalue weighted by molar-refractivity contribution is 7.99. The molecule has 2 aliphatic heterocycles. The van der Waals surface area contributed by atoms with Crippen LogP contribution < -0.4 is 5.32 Å². The van der Waals surface area contributed by atoms with Crippen molar-refractivity contribution < 1.29 is 9.53 Å². The molecule has 1 amide bonds. The SMILES string of the molecule is Cc1ccc(CCC(=O)NCC2(N3CCOCC3)CCSC2)c(C)c1. The minimum Gasteiger partial charge on any atom is -0.379 e. The summed E-state index contributed by atoms with van der Waals surface area (Å²) in [6.07, 6.45) is 2.54. The zero-order chi connectivity index (χ0) is 17.7. The zero-order valence-electron chi connectivity index (χ0n) is 15.5. The fourth-order valence-electron chi connectivity index (χ4n) is 3.86. The standard InChI is InChI=1S/C20H30N2O2S/c1-16-3-4-18(17(2)13-16)5-6-19(23)21-14-20(7-12-25-15-20)22-8-10-24-11-9-22/h3-4,13H,5-12,14-15H2,1-2H3,(H,21,23). The predicted molar refractivity (Wildman–Crippen MR) is 104 cm³/mol. The summed E-state index contributed by atoms with van der Waals surface area (Å²) in [5.74, 6) is 2.48. The number of carbonyl (C=O) groups is 1. The summed E-state index contributed by atoms with van der Waals surface area (Å²) in [6, 6.07) is 6.47. The Kier molecular flexibility index (Phi) is 6.42. The first kappa shape index (κ1) is 18.7. The van der Waals surface area contributed by atoms with Crippen molar-refractivity contribution >= 4 is 17.7 Å². The van der Waals surface area contributed by atoms with Gasteiger partial charge in [-0.15, -0.1) is 0 Å². The Labute approximate surface area is 155 Å². The topological polar surface area (TPSA) is 41.6 Å². The largest absolute Gasteiger partial charge is 0.379 e. The molecule has 2 aliphatic rings. The van der Waals surface area contributed by atoms with Crippen molar-refractivity contribution in [3.63, 3.8) is 0 Å². The molecule has 5 heteroatoms. The summed E-state index contributed by atoms with van der Waals surface area (Å²) in [6.45, 7) is 8.60. The Morgan fingerprint density at radius 1 is 1.32 bits per heavy atom. The number of nitrogens with one attached hydrogen (secondary N) is 1. The number of benzene rings is 1. The first-order valence-electron chi connectivity index (χ1n) is 9.32. The Balaban J connectivity index is 1.51. The lowest BCUT2D eigenvalue weighted by Gasteiger charge is -2.43. The molecule has 0 aromatic heterocycles. The molecule has 0 radical (unpaired) electrons. The second kappa shape index (κ2) is 8.56. The second-order valence-electron chi connectivity index (χ2n) is 7.33. The van der Waals surface area contributed by atoms with Crippen molar-refractivity contribution in [2.24, 2.45) is 0 Å². The lowest BCUT2D eigenvalue weighted by Crippen LogP contribution is -2.59. The van der Waals surface area contributed by atoms with Gasteiger partial charge in [-0.05, 0) is 43.6 Å². The van der Waals surface area contributed by atoms with Crippen LogP contribution in [0.4, 0.5) is 0 Å². The molecule has 2 fully saturated rings. The molecule has 1 N–H and O–H groups in total. The quantitative estimate of drug-likeness (QED) is 0.844. The number of thioether (sulfide) groups is 1. The number of ether oxygens (including phenoxy) is 1. The van der Waals surface area contributed by atoms with Gasteiger partial charge >= 0.3 is 0 Å². The maximum Gasteiger partial charge on any atom is 0.220 e. The van der Waals surface area contributed by atoms with Crippen molar-refractivity contribution in [1.29, 1.82) is 0 Å². The van der Waals surface area contributed by atoms with E-state index in [0.29, 0.717) is 6.42 Å². The fourth-order valence-corrected chi connectivity index (χ4v) is 5.34. The van der Waals surface area contributed by atoms with Gasteiger partial charge in [0.05, 0.1) is 13.2 Å². The third kappa shape index (κ3) is 4.78. The molecule has 2 saturated heterocycles. The van der Waals surface area contributed by atoms with E-state index in [1.807, 2.05) is 11.8 Å². The van der Waals surface area contributed by atoms with Crippen LogP contribution in [0.3, 0.4) is 0 Å². The van der Waals surface area contributed by atoms with Crippen molar-refractivity contribution in [1.82, 2.24) is 10.2 Å². The maximum atomic E-state index is 12.4. The highest BCUT2D eigenvalue weighted by Crippen LogP contribution is 2.33. The average Bonchev–Trinajstić information content (AvgIpc) is 3.10. The fraction of sp³-hybridized carbons (Fsp3) is 0.650. The summed E-state index contributed by atoms with van der Waals surface area (Å²) >= 11 is 2.01. The predicted octanol–water partition coefficient (Wildman–Crippen LogP) is 2.56. The molecule has 1 aromatic rings. The number of hydrogen-bond donors (Lipinski definition) is 1. The van der Waals surface area contributed by atoms with Gasteiger partial charge in [-0.3, -0.25) is 9.69 Å². The molecular formula is C20H30N2O2S. The van der Waals surface area contributed by atoms with E-state index in [1.54, 1.807) is 0 Å². The summed E-state index contributed by atoms with van der Waals surface area (Å²) in [7, 11) is 0. The van der Waals surface area contributed by atoms with Gasteiger partial charge in [0, 0.05) is 37.3 Å². The van der Waals surface area contributed by atoms with Crippen molar-refractivity contribution in [3.8, 4) is 0 Å². The number of nitrogens with zero attached hydrogens (tertiary/aromatic N) is 1. The minimum atomic E-state index is 0.129. The van der Waals surface area contributed by atoms with Crippen LogP contribution in [-0.4, -0.2) is 60.7 Å². The lowest BCUT2D eigenvalue weighted by molar-refractivity contribution is -0.121. The molecule has 3 rings (SSSR count). The van der Waals surface area contributed by atoms with Gasteiger partial charge < -0.3 is 10.1 Å². The van der Waals surface area contributed by atoms with Crippen LogP contribution in [0, 0.1) is 13.8 Å². The highest BCUT2D eigenvalue weighted by Gasteiger charge is 2.40. The molecule has 4 nitrogen and oxygen atoms in total. The number of aryl methyl sites for hydroxylation is 3. The van der Waals surface area contributed by atoms with Crippen LogP contribution in [0.15, 0.2) is 18.2 Å². The Bertz CT molecular complexity index is 593. The Hall–Kier alpha value is -1.04. The molecule has 25 heavy (non-hydrogen) atoms. The number of morpholine rings is 1.